The van der Waals surface area contributed by atoms with Crippen LogP contribution in [0.2, 0.25) is 0 Å². The molecule has 0 heterocycles. The maximum absolute atomic E-state index is 12.5. The molecule has 2 unspecified atom stereocenters. The number of amides is 1. The van der Waals surface area contributed by atoms with Gasteiger partial charge >= 0.3 is 5.97 Å². The van der Waals surface area contributed by atoms with Crippen molar-refractivity contribution in [1.82, 2.24) is 5.32 Å². The van der Waals surface area contributed by atoms with E-state index in [1.807, 2.05) is 6.08 Å². The van der Waals surface area contributed by atoms with E-state index < -0.39 is 12.1 Å². The number of esters is 1. The van der Waals surface area contributed by atoms with E-state index >= 15 is 0 Å². The van der Waals surface area contributed by atoms with E-state index in [4.69, 9.17) is 4.74 Å². The van der Waals surface area contributed by atoms with Crippen LogP contribution in [0.3, 0.4) is 0 Å². The number of allylic oxidation sites excluding steroid dienone is 1. The Morgan fingerprint density at radius 3 is 1.08 bits per heavy atom. The van der Waals surface area contributed by atoms with Gasteiger partial charge < -0.3 is 20.3 Å². The van der Waals surface area contributed by atoms with Crippen molar-refractivity contribution in [3.05, 3.63) is 12.2 Å². The molecule has 0 radical (unpaired) electrons. The molecule has 0 saturated heterocycles. The minimum atomic E-state index is -0.859. The molecule has 0 spiro atoms. The molecule has 374 valence electrons. The molecule has 0 aromatic carbocycles. The van der Waals surface area contributed by atoms with Crippen molar-refractivity contribution < 1.29 is 24.5 Å². The van der Waals surface area contributed by atoms with Crippen LogP contribution >= 0.6 is 0 Å². The molecule has 6 heteroatoms. The quantitative estimate of drug-likeness (QED) is 0.0321. The highest BCUT2D eigenvalue weighted by atomic mass is 16.5. The fourth-order valence-corrected chi connectivity index (χ4v) is 8.93. The zero-order valence-corrected chi connectivity index (χ0v) is 42.6. The van der Waals surface area contributed by atoms with Gasteiger partial charge in [-0.15, -0.1) is 0 Å². The number of unbranched alkanes of at least 4 members (excludes halogenated alkanes) is 42. The molecular weight excluding hydrogens is 779 g/mol. The van der Waals surface area contributed by atoms with E-state index in [9.17, 15) is 19.8 Å². The first-order chi connectivity index (χ1) is 31.0. The van der Waals surface area contributed by atoms with Crippen LogP contribution in [-0.2, 0) is 14.3 Å². The number of aliphatic hydroxyl groups excluding tert-OH is 2. The van der Waals surface area contributed by atoms with Crippen LogP contribution in [-0.4, -0.2) is 47.4 Å². The van der Waals surface area contributed by atoms with Crippen LogP contribution in [0.1, 0.15) is 316 Å². The third kappa shape index (κ3) is 49.9. The summed E-state index contributed by atoms with van der Waals surface area (Å²) in [7, 11) is 0. The first-order valence-electron chi connectivity index (χ1n) is 28.5. The minimum Gasteiger partial charge on any atom is -0.466 e. The number of carbonyl (C=O) groups excluding carboxylic acids is 2. The lowest BCUT2D eigenvalue weighted by Crippen LogP contribution is -2.45. The van der Waals surface area contributed by atoms with E-state index in [0.29, 0.717) is 19.4 Å². The Hall–Kier alpha value is -1.40. The van der Waals surface area contributed by atoms with Crippen molar-refractivity contribution >= 4 is 11.9 Å². The SMILES string of the molecule is CCCCCCCCCCCCCCCCCCCCCCCC/C=C/C(O)C(CO)NC(=O)CCCCCCCCCCCCOC(=O)CCCCCCCCCCCCCC. The fraction of sp³-hybridized carbons (Fsp3) is 0.930. The van der Waals surface area contributed by atoms with Crippen molar-refractivity contribution in [3.8, 4) is 0 Å². The first kappa shape index (κ1) is 61.6. The lowest BCUT2D eigenvalue weighted by atomic mass is 10.0. The fourth-order valence-electron chi connectivity index (χ4n) is 8.93. The predicted octanol–water partition coefficient (Wildman–Crippen LogP) is 17.3. The zero-order chi connectivity index (χ0) is 45.8. The summed E-state index contributed by atoms with van der Waals surface area (Å²) < 4.78 is 5.45. The lowest BCUT2D eigenvalue weighted by Gasteiger charge is -2.20. The van der Waals surface area contributed by atoms with Crippen molar-refractivity contribution in [3.63, 3.8) is 0 Å². The van der Waals surface area contributed by atoms with E-state index in [2.05, 4.69) is 19.2 Å². The number of rotatable bonds is 53. The number of ether oxygens (including phenoxy) is 1. The molecule has 0 aromatic rings. The third-order valence-corrected chi connectivity index (χ3v) is 13.3. The highest BCUT2D eigenvalue weighted by Gasteiger charge is 2.18. The molecule has 6 nitrogen and oxygen atoms in total. The molecule has 0 aliphatic carbocycles. The Morgan fingerprint density at radius 2 is 0.730 bits per heavy atom. The molecule has 0 fully saturated rings. The predicted molar refractivity (Wildman–Crippen MR) is 273 cm³/mol. The van der Waals surface area contributed by atoms with E-state index in [0.717, 1.165) is 57.8 Å². The average Bonchev–Trinajstić information content (AvgIpc) is 3.28. The molecule has 0 rings (SSSR count). The Morgan fingerprint density at radius 1 is 0.429 bits per heavy atom. The summed E-state index contributed by atoms with van der Waals surface area (Å²) in [5, 5.41) is 23.2. The molecule has 1 amide bonds. The summed E-state index contributed by atoms with van der Waals surface area (Å²) in [6.45, 7) is 4.87. The normalized spacial score (nSPS) is 12.6. The van der Waals surface area contributed by atoms with E-state index in [-0.39, 0.29) is 18.5 Å². The molecule has 2 atom stereocenters. The minimum absolute atomic E-state index is 0.0192. The van der Waals surface area contributed by atoms with Crippen LogP contribution in [0.15, 0.2) is 12.2 Å². The molecule has 3 N–H and O–H groups in total. The Kier molecular flexibility index (Phi) is 52.0. The highest BCUT2D eigenvalue weighted by molar-refractivity contribution is 5.76. The van der Waals surface area contributed by atoms with Gasteiger partial charge in [-0.2, -0.15) is 0 Å². The van der Waals surface area contributed by atoms with Crippen LogP contribution in [0.5, 0.6) is 0 Å². The summed E-state index contributed by atoms with van der Waals surface area (Å²) in [6.07, 6.45) is 62.3. The molecule has 0 saturated carbocycles. The molecular formula is C57H111NO5. The van der Waals surface area contributed by atoms with Gasteiger partial charge in [0.05, 0.1) is 25.4 Å². The standard InChI is InChI=1S/C57H111NO5/c1-3-5-7-9-11-13-15-17-18-19-20-21-22-23-24-25-26-27-28-29-33-37-41-45-49-55(60)54(53-59)58-56(61)50-46-42-38-34-31-32-36-40-44-48-52-63-57(62)51-47-43-39-35-30-16-14-12-10-8-6-4-2/h45,49,54-55,59-60H,3-44,46-48,50-53H2,1-2H3,(H,58,61)/b49-45+. The van der Waals surface area contributed by atoms with Gasteiger partial charge in [0.1, 0.15) is 0 Å². The maximum Gasteiger partial charge on any atom is 0.305 e. The van der Waals surface area contributed by atoms with Gasteiger partial charge in [-0.25, -0.2) is 0 Å². The third-order valence-electron chi connectivity index (χ3n) is 13.3. The van der Waals surface area contributed by atoms with Crippen molar-refractivity contribution in [1.29, 1.82) is 0 Å². The van der Waals surface area contributed by atoms with Gasteiger partial charge in [-0.1, -0.05) is 283 Å². The number of hydrogen-bond donors (Lipinski definition) is 3. The highest BCUT2D eigenvalue weighted by Crippen LogP contribution is 2.17. The maximum atomic E-state index is 12.5. The van der Waals surface area contributed by atoms with Gasteiger partial charge in [0.2, 0.25) is 5.91 Å². The summed E-state index contributed by atoms with van der Waals surface area (Å²) in [6, 6.07) is -0.644. The van der Waals surface area contributed by atoms with E-state index in [1.165, 1.54) is 231 Å². The van der Waals surface area contributed by atoms with Gasteiger partial charge in [-0.05, 0) is 32.1 Å². The molecule has 0 bridgehead atoms. The number of aliphatic hydroxyl groups is 2. The summed E-state index contributed by atoms with van der Waals surface area (Å²) in [5.74, 6) is -0.106. The number of hydrogen-bond acceptors (Lipinski definition) is 5. The zero-order valence-electron chi connectivity index (χ0n) is 42.6. The van der Waals surface area contributed by atoms with Gasteiger partial charge in [-0.3, -0.25) is 9.59 Å². The summed E-state index contributed by atoms with van der Waals surface area (Å²) >= 11 is 0. The Balaban J connectivity index is 3.50. The van der Waals surface area contributed by atoms with Gasteiger partial charge in [0, 0.05) is 12.8 Å². The molecule has 0 aromatic heterocycles. The van der Waals surface area contributed by atoms with Gasteiger partial charge in [0.15, 0.2) is 0 Å². The monoisotopic (exact) mass is 890 g/mol. The van der Waals surface area contributed by atoms with E-state index in [1.54, 1.807) is 6.08 Å². The van der Waals surface area contributed by atoms with Crippen molar-refractivity contribution in [2.75, 3.05) is 13.2 Å². The number of carbonyl (C=O) groups is 2. The Labute approximate surface area is 393 Å². The smallest absolute Gasteiger partial charge is 0.305 e. The second kappa shape index (κ2) is 53.2. The van der Waals surface area contributed by atoms with Crippen LogP contribution in [0.25, 0.3) is 0 Å². The largest absolute Gasteiger partial charge is 0.466 e. The molecule has 0 aliphatic heterocycles. The summed E-state index contributed by atoms with van der Waals surface area (Å²) in [4.78, 5) is 24.5. The lowest BCUT2D eigenvalue weighted by molar-refractivity contribution is -0.143. The average molecular weight is 891 g/mol. The molecule has 0 aliphatic rings. The molecule has 63 heavy (non-hydrogen) atoms. The summed E-state index contributed by atoms with van der Waals surface area (Å²) in [5.41, 5.74) is 0. The van der Waals surface area contributed by atoms with Crippen molar-refractivity contribution in [2.24, 2.45) is 0 Å². The second-order valence-electron chi connectivity index (χ2n) is 19.6. The Bertz CT molecular complexity index is 939. The number of nitrogens with one attached hydrogen (secondary N) is 1. The van der Waals surface area contributed by atoms with Crippen molar-refractivity contribution in [2.45, 2.75) is 328 Å². The van der Waals surface area contributed by atoms with Crippen LogP contribution in [0.4, 0.5) is 0 Å². The topological polar surface area (TPSA) is 95.9 Å². The van der Waals surface area contributed by atoms with Gasteiger partial charge in [0.25, 0.3) is 0 Å². The van der Waals surface area contributed by atoms with Crippen LogP contribution in [0, 0.1) is 0 Å². The van der Waals surface area contributed by atoms with Crippen LogP contribution < -0.4 is 5.32 Å². The second-order valence-corrected chi connectivity index (χ2v) is 19.6. The first-order valence-corrected chi connectivity index (χ1v) is 28.5.